The maximum Gasteiger partial charge on any atom is 0.278 e. The van der Waals surface area contributed by atoms with Gasteiger partial charge >= 0.3 is 0 Å². The fourth-order valence-electron chi connectivity index (χ4n) is 5.21. The Balaban J connectivity index is 1.33. The van der Waals surface area contributed by atoms with E-state index in [0.717, 1.165) is 0 Å². The average Bonchev–Trinajstić information content (AvgIpc) is 3.66. The summed E-state index contributed by atoms with van der Waals surface area (Å²) in [6.45, 7) is 0. The number of carbonyl (C=O) groups excluding carboxylic acids is 1. The number of fused-ring (bicyclic) bond motifs is 1. The highest BCUT2D eigenvalue weighted by atomic mass is 35.5. The normalized spacial score (nSPS) is 19.1. The van der Waals surface area contributed by atoms with E-state index in [2.05, 4.69) is 25.5 Å². The summed E-state index contributed by atoms with van der Waals surface area (Å²) in [7, 11) is 0. The number of para-hydroxylation sites is 1. The van der Waals surface area contributed by atoms with E-state index in [1.54, 1.807) is 35.4 Å². The molecule has 1 N–H and O–H groups in total. The molecule has 186 valence electrons. The van der Waals surface area contributed by atoms with Gasteiger partial charge in [-0.25, -0.2) is 9.37 Å². The highest BCUT2D eigenvalue weighted by molar-refractivity contribution is 6.31. The molecule has 6 rings (SSSR count). The third-order valence-electron chi connectivity index (χ3n) is 6.80. The first-order valence-electron chi connectivity index (χ1n) is 11.5. The molecule has 2 aliphatic heterocycles. The Morgan fingerprint density at radius 2 is 2.03 bits per heavy atom. The number of rotatable bonds is 5. The van der Waals surface area contributed by atoms with Crippen LogP contribution in [-0.2, 0) is 4.79 Å². The molecule has 4 aromatic rings. The van der Waals surface area contributed by atoms with Crippen LogP contribution in [0, 0.1) is 15.9 Å². The molecule has 0 bridgehead atoms. The number of carbonyl (C=O) groups is 1. The van der Waals surface area contributed by atoms with Gasteiger partial charge in [-0.1, -0.05) is 23.7 Å². The second kappa shape index (κ2) is 8.89. The number of hydrogen-bond acceptors (Lipinski definition) is 7. The molecule has 13 heteroatoms. The number of hydrogen-bond donors (Lipinski definition) is 1. The molecular weight excluding hydrogens is 503 g/mol. The van der Waals surface area contributed by atoms with Gasteiger partial charge in [-0.05, 0) is 53.5 Å². The summed E-state index contributed by atoms with van der Waals surface area (Å²) in [4.78, 5) is 33.7. The lowest BCUT2D eigenvalue weighted by atomic mass is 9.92. The number of nitro benzene ring substituents is 1. The van der Waals surface area contributed by atoms with Crippen LogP contribution in [0.5, 0.6) is 0 Å². The summed E-state index contributed by atoms with van der Waals surface area (Å²) in [5.41, 5.74) is 1.96. The quantitative estimate of drug-likeness (QED) is 0.306. The number of amides is 1. The number of nitrogens with one attached hydrogen (secondary N) is 1. The minimum Gasteiger partial charge on any atom is -0.340 e. The van der Waals surface area contributed by atoms with E-state index in [9.17, 15) is 14.9 Å². The summed E-state index contributed by atoms with van der Waals surface area (Å²) in [6.07, 6.45) is 6.04. The standard InChI is InChI=1S/C24H18ClFN8O3/c25-16-6-8-19(32-12-28-30-31-32)22(23(16)26)13-9-14-5-7-20(33(14)21(35)10-13)24-27-11-17(29-24)15-3-1-2-4-18(15)34(36)37/h1-4,6,8,10-12,14,20H,5,7,9H2,(H,27,29)/t14?,20-/m0/s1. The Morgan fingerprint density at radius 3 is 2.81 bits per heavy atom. The molecule has 37 heavy (non-hydrogen) atoms. The van der Waals surface area contributed by atoms with Crippen molar-refractivity contribution >= 4 is 28.8 Å². The second-order valence-corrected chi connectivity index (χ2v) is 9.24. The number of halogens is 2. The number of nitrogens with zero attached hydrogens (tertiary/aromatic N) is 7. The van der Waals surface area contributed by atoms with Crippen LogP contribution in [0.1, 0.15) is 36.7 Å². The molecule has 1 amide bonds. The molecule has 1 fully saturated rings. The molecule has 2 atom stereocenters. The zero-order chi connectivity index (χ0) is 25.7. The summed E-state index contributed by atoms with van der Waals surface area (Å²) >= 11 is 6.09. The van der Waals surface area contributed by atoms with Crippen LogP contribution in [0.4, 0.5) is 10.1 Å². The van der Waals surface area contributed by atoms with Crippen LogP contribution in [0.3, 0.4) is 0 Å². The highest BCUT2D eigenvalue weighted by Crippen LogP contribution is 2.44. The lowest BCUT2D eigenvalue weighted by Crippen LogP contribution is -2.39. The molecule has 11 nitrogen and oxygen atoms in total. The van der Waals surface area contributed by atoms with Crippen LogP contribution >= 0.6 is 11.6 Å². The highest BCUT2D eigenvalue weighted by Gasteiger charge is 2.42. The summed E-state index contributed by atoms with van der Waals surface area (Å²) < 4.78 is 16.6. The maximum absolute atomic E-state index is 15.3. The average molecular weight is 521 g/mol. The van der Waals surface area contributed by atoms with E-state index in [1.165, 1.54) is 29.2 Å². The fourth-order valence-corrected chi connectivity index (χ4v) is 5.37. The predicted molar refractivity (Wildman–Crippen MR) is 130 cm³/mol. The van der Waals surface area contributed by atoms with Gasteiger partial charge in [0, 0.05) is 23.7 Å². The van der Waals surface area contributed by atoms with Crippen molar-refractivity contribution in [1.29, 1.82) is 0 Å². The van der Waals surface area contributed by atoms with E-state index in [4.69, 9.17) is 11.6 Å². The van der Waals surface area contributed by atoms with Gasteiger partial charge in [0.2, 0.25) is 5.91 Å². The lowest BCUT2D eigenvalue weighted by Gasteiger charge is -2.33. The summed E-state index contributed by atoms with van der Waals surface area (Å²) in [5.74, 6) is -0.375. The Hall–Kier alpha value is -4.45. The number of tetrazole rings is 1. The minimum atomic E-state index is -0.642. The monoisotopic (exact) mass is 520 g/mol. The number of imidazole rings is 1. The van der Waals surface area contributed by atoms with Gasteiger partial charge in [-0.2, -0.15) is 4.68 Å². The van der Waals surface area contributed by atoms with Crippen molar-refractivity contribution in [2.45, 2.75) is 31.3 Å². The Kier molecular flexibility index (Phi) is 5.52. The molecule has 2 aliphatic rings. The van der Waals surface area contributed by atoms with E-state index < -0.39 is 10.7 Å². The molecule has 1 unspecified atom stereocenters. The van der Waals surface area contributed by atoms with Crippen LogP contribution in [0.25, 0.3) is 22.5 Å². The minimum absolute atomic E-state index is 0.0365. The van der Waals surface area contributed by atoms with Gasteiger partial charge in [0.15, 0.2) is 5.82 Å². The molecule has 0 radical (unpaired) electrons. The predicted octanol–water partition coefficient (Wildman–Crippen LogP) is 4.27. The van der Waals surface area contributed by atoms with Gasteiger partial charge in [-0.15, -0.1) is 5.10 Å². The number of H-pyrrole nitrogens is 1. The second-order valence-electron chi connectivity index (χ2n) is 8.83. The molecule has 1 saturated heterocycles. The number of benzene rings is 2. The molecule has 2 aromatic carbocycles. The molecule has 4 heterocycles. The summed E-state index contributed by atoms with van der Waals surface area (Å²) in [6, 6.07) is 8.91. The first kappa shape index (κ1) is 23.0. The molecule has 0 saturated carbocycles. The van der Waals surface area contributed by atoms with E-state index in [1.807, 2.05) is 0 Å². The van der Waals surface area contributed by atoms with Gasteiger partial charge in [0.1, 0.15) is 12.2 Å². The van der Waals surface area contributed by atoms with Crippen LogP contribution < -0.4 is 0 Å². The van der Waals surface area contributed by atoms with Crippen molar-refractivity contribution < 1.29 is 14.1 Å². The Bertz CT molecular complexity index is 1570. The van der Waals surface area contributed by atoms with Crippen molar-refractivity contribution in [3.8, 4) is 16.9 Å². The van der Waals surface area contributed by atoms with Gasteiger partial charge < -0.3 is 9.88 Å². The molecule has 2 aromatic heterocycles. The zero-order valence-electron chi connectivity index (χ0n) is 19.1. The molecule has 0 spiro atoms. The van der Waals surface area contributed by atoms with Gasteiger partial charge in [0.25, 0.3) is 5.69 Å². The maximum atomic E-state index is 15.3. The first-order valence-corrected chi connectivity index (χ1v) is 11.8. The Labute approximate surface area is 213 Å². The lowest BCUT2D eigenvalue weighted by molar-refractivity contribution is -0.384. The SMILES string of the molecule is O=C1C=C(c2c(-n3cnnn3)ccc(Cl)c2F)CC2CC[C@@H](c3ncc(-c4ccccc4[N+](=O)[O-])[nH]3)N12. The van der Waals surface area contributed by atoms with Crippen molar-refractivity contribution in [2.75, 3.05) is 0 Å². The Morgan fingerprint density at radius 1 is 1.19 bits per heavy atom. The van der Waals surface area contributed by atoms with Crippen LogP contribution in [-0.4, -0.2) is 51.9 Å². The number of aromatic nitrogens is 6. The smallest absolute Gasteiger partial charge is 0.278 e. The van der Waals surface area contributed by atoms with Crippen molar-refractivity contribution in [2.24, 2.45) is 0 Å². The third kappa shape index (κ3) is 3.85. The van der Waals surface area contributed by atoms with E-state index >= 15 is 4.39 Å². The first-order chi connectivity index (χ1) is 17.9. The van der Waals surface area contributed by atoms with E-state index in [-0.39, 0.29) is 34.3 Å². The van der Waals surface area contributed by atoms with Crippen LogP contribution in [0.2, 0.25) is 5.02 Å². The third-order valence-corrected chi connectivity index (χ3v) is 7.09. The van der Waals surface area contributed by atoms with E-state index in [0.29, 0.717) is 47.6 Å². The number of aromatic amines is 1. The topological polar surface area (TPSA) is 136 Å². The molecule has 0 aliphatic carbocycles. The van der Waals surface area contributed by atoms with Crippen molar-refractivity contribution in [3.63, 3.8) is 0 Å². The van der Waals surface area contributed by atoms with Crippen molar-refractivity contribution in [3.05, 3.63) is 87.3 Å². The number of nitro groups is 1. The largest absolute Gasteiger partial charge is 0.340 e. The van der Waals surface area contributed by atoms with Gasteiger partial charge in [-0.3, -0.25) is 14.9 Å². The summed E-state index contributed by atoms with van der Waals surface area (Å²) in [5, 5.41) is 22.5. The fraction of sp³-hybridized carbons (Fsp3) is 0.208. The van der Waals surface area contributed by atoms with Crippen molar-refractivity contribution in [1.82, 2.24) is 35.1 Å². The zero-order valence-corrected chi connectivity index (χ0v) is 19.8. The van der Waals surface area contributed by atoms with Gasteiger partial charge in [0.05, 0.1) is 39.1 Å². The molecular formula is C24H18ClFN8O3. The van der Waals surface area contributed by atoms with Crippen LogP contribution in [0.15, 0.2) is 55.0 Å².